The molecule has 0 saturated heterocycles. The average Bonchev–Trinajstić information content (AvgIpc) is 3.05. The number of nitrogens with zero attached hydrogens (tertiary/aromatic N) is 1. The van der Waals surface area contributed by atoms with Gasteiger partial charge in [-0.1, -0.05) is 12.1 Å². The third-order valence-electron chi connectivity index (χ3n) is 3.56. The summed E-state index contributed by atoms with van der Waals surface area (Å²) >= 11 is 0. The van der Waals surface area contributed by atoms with Gasteiger partial charge in [0.25, 0.3) is 15.9 Å². The van der Waals surface area contributed by atoms with E-state index in [2.05, 4.69) is 15.0 Å². The molecule has 2 rings (SSSR count). The fraction of sp³-hybridized carbons (Fsp3) is 0.333. The van der Waals surface area contributed by atoms with Crippen molar-refractivity contribution in [3.8, 4) is 0 Å². The first-order chi connectivity index (χ1) is 12.9. The van der Waals surface area contributed by atoms with Crippen molar-refractivity contribution in [1.29, 1.82) is 0 Å². The van der Waals surface area contributed by atoms with E-state index >= 15 is 0 Å². The minimum Gasteiger partial charge on any atom is -0.356 e. The van der Waals surface area contributed by atoms with Gasteiger partial charge in [-0.05, 0) is 39.0 Å². The molecule has 0 aliphatic heterocycles. The largest absolute Gasteiger partial charge is 0.356 e. The molecule has 8 nitrogen and oxygen atoms in total. The number of hydrogen-bond acceptors (Lipinski definition) is 4. The van der Waals surface area contributed by atoms with Crippen molar-refractivity contribution in [1.82, 2.24) is 15.2 Å². The summed E-state index contributed by atoms with van der Waals surface area (Å²) in [4.78, 5) is 27.9. The third kappa shape index (κ3) is 5.56. The Morgan fingerprint density at radius 2 is 1.86 bits per heavy atom. The maximum atomic E-state index is 13.7. The molecule has 0 radical (unpaired) electrons. The zero-order valence-corrected chi connectivity index (χ0v) is 16.9. The molecule has 0 unspecified atom stereocenters. The lowest BCUT2D eigenvalue weighted by Gasteiger charge is -2.23. The summed E-state index contributed by atoms with van der Waals surface area (Å²) in [5, 5.41) is 2.73. The highest BCUT2D eigenvalue weighted by Gasteiger charge is 2.23. The van der Waals surface area contributed by atoms with Crippen LogP contribution in [0.15, 0.2) is 41.4 Å². The Balaban J connectivity index is 2.11. The van der Waals surface area contributed by atoms with Crippen molar-refractivity contribution < 1.29 is 22.4 Å². The van der Waals surface area contributed by atoms with Crippen molar-refractivity contribution in [3.63, 3.8) is 0 Å². The normalized spacial score (nSPS) is 11.8. The number of amides is 2. The summed E-state index contributed by atoms with van der Waals surface area (Å²) < 4.78 is 40.6. The van der Waals surface area contributed by atoms with E-state index in [0.29, 0.717) is 0 Å². The van der Waals surface area contributed by atoms with E-state index in [1.165, 1.54) is 25.2 Å². The van der Waals surface area contributed by atoms with Crippen molar-refractivity contribution in [2.24, 2.45) is 0 Å². The second-order valence-electron chi connectivity index (χ2n) is 7.29. The van der Waals surface area contributed by atoms with Gasteiger partial charge in [-0.15, -0.1) is 0 Å². The summed E-state index contributed by atoms with van der Waals surface area (Å²) in [6.45, 7) is 5.26. The Labute approximate surface area is 163 Å². The number of carbonyl (C=O) groups excluding carboxylic acids is 2. The molecular weight excluding hydrogens is 387 g/mol. The predicted octanol–water partition coefficient (Wildman–Crippen LogP) is 1.94. The Hall–Kier alpha value is -2.88. The molecule has 0 fully saturated rings. The number of H-pyrrole nitrogens is 1. The van der Waals surface area contributed by atoms with Crippen LogP contribution in [0.25, 0.3) is 0 Å². The lowest BCUT2D eigenvalue weighted by molar-refractivity contribution is -0.122. The van der Waals surface area contributed by atoms with E-state index in [9.17, 15) is 22.4 Å². The molecule has 152 valence electrons. The van der Waals surface area contributed by atoms with Crippen LogP contribution in [0.4, 0.5) is 10.1 Å². The molecule has 1 heterocycles. The van der Waals surface area contributed by atoms with Crippen LogP contribution in [0.3, 0.4) is 0 Å². The zero-order chi connectivity index (χ0) is 21.1. The van der Waals surface area contributed by atoms with Crippen molar-refractivity contribution in [3.05, 3.63) is 48.0 Å². The Kier molecular flexibility index (Phi) is 6.13. The van der Waals surface area contributed by atoms with Crippen LogP contribution in [0, 0.1) is 5.82 Å². The second kappa shape index (κ2) is 8.01. The molecule has 3 N–H and O–H groups in total. The van der Waals surface area contributed by atoms with Crippen molar-refractivity contribution in [2.45, 2.75) is 31.2 Å². The minimum atomic E-state index is -4.09. The van der Waals surface area contributed by atoms with Crippen LogP contribution in [-0.2, 0) is 14.8 Å². The fourth-order valence-corrected chi connectivity index (χ4v) is 3.41. The van der Waals surface area contributed by atoms with Gasteiger partial charge < -0.3 is 15.2 Å². The van der Waals surface area contributed by atoms with Gasteiger partial charge in [0.05, 0.1) is 12.2 Å². The van der Waals surface area contributed by atoms with Crippen LogP contribution in [0.5, 0.6) is 0 Å². The fourth-order valence-electron chi connectivity index (χ4n) is 2.35. The van der Waals surface area contributed by atoms with Gasteiger partial charge in [0.15, 0.2) is 0 Å². The highest BCUT2D eigenvalue weighted by molar-refractivity contribution is 7.92. The molecule has 1 aromatic carbocycles. The second-order valence-corrected chi connectivity index (χ2v) is 8.98. The number of anilines is 1. The SMILES string of the molecule is CN(CC(=O)NC(C)(C)C)C(=O)c1cc(S(=O)(=O)Nc2ccccc2F)c[nH]1. The Morgan fingerprint density at radius 1 is 1.21 bits per heavy atom. The van der Waals surface area contributed by atoms with Gasteiger partial charge in [-0.25, -0.2) is 12.8 Å². The molecule has 0 atom stereocenters. The summed E-state index contributed by atoms with van der Waals surface area (Å²) in [5.41, 5.74) is -0.653. The maximum Gasteiger partial charge on any atom is 0.270 e. The molecule has 10 heteroatoms. The number of para-hydroxylation sites is 1. The van der Waals surface area contributed by atoms with Crippen LogP contribution in [0.1, 0.15) is 31.3 Å². The number of sulfonamides is 1. The quantitative estimate of drug-likeness (QED) is 0.676. The van der Waals surface area contributed by atoms with Crippen molar-refractivity contribution >= 4 is 27.5 Å². The van der Waals surface area contributed by atoms with Crippen LogP contribution in [0.2, 0.25) is 0 Å². The smallest absolute Gasteiger partial charge is 0.270 e. The summed E-state index contributed by atoms with van der Waals surface area (Å²) in [5.74, 6) is -1.62. The average molecular weight is 410 g/mol. The first-order valence-electron chi connectivity index (χ1n) is 8.41. The van der Waals surface area contributed by atoms with E-state index in [0.717, 1.165) is 23.2 Å². The van der Waals surface area contributed by atoms with E-state index in [1.807, 2.05) is 20.8 Å². The van der Waals surface area contributed by atoms with Crippen LogP contribution >= 0.6 is 0 Å². The minimum absolute atomic E-state index is 0.0139. The van der Waals surface area contributed by atoms with E-state index in [-0.39, 0.29) is 28.7 Å². The maximum absolute atomic E-state index is 13.7. The summed E-state index contributed by atoms with van der Waals surface area (Å²) in [6, 6.07) is 6.47. The molecule has 0 saturated carbocycles. The molecule has 0 bridgehead atoms. The van der Waals surface area contributed by atoms with E-state index in [4.69, 9.17) is 0 Å². The number of likely N-dealkylation sites (N-methyl/N-ethyl adjacent to an activating group) is 1. The number of halogens is 1. The molecule has 2 aromatic rings. The molecular formula is C18H23FN4O4S. The molecule has 0 spiro atoms. The Bertz CT molecular complexity index is 979. The number of aromatic nitrogens is 1. The van der Waals surface area contributed by atoms with Gasteiger partial charge in [0, 0.05) is 18.8 Å². The van der Waals surface area contributed by atoms with Gasteiger partial charge in [-0.3, -0.25) is 14.3 Å². The highest BCUT2D eigenvalue weighted by atomic mass is 32.2. The number of hydrogen-bond donors (Lipinski definition) is 3. The zero-order valence-electron chi connectivity index (χ0n) is 16.0. The lowest BCUT2D eigenvalue weighted by Crippen LogP contribution is -2.46. The standard InChI is InChI=1S/C18H23FN4O4S/c1-18(2,3)21-16(24)11-23(4)17(25)15-9-12(10-20-15)28(26,27)22-14-8-6-5-7-13(14)19/h5-10,20,22H,11H2,1-4H3,(H,21,24). The number of carbonyl (C=O) groups is 2. The van der Waals surface area contributed by atoms with E-state index in [1.54, 1.807) is 0 Å². The molecule has 0 aliphatic rings. The van der Waals surface area contributed by atoms with Crippen molar-refractivity contribution in [2.75, 3.05) is 18.3 Å². The van der Waals surface area contributed by atoms with Crippen LogP contribution < -0.4 is 10.0 Å². The summed E-state index contributed by atoms with van der Waals surface area (Å²) in [7, 11) is -2.66. The van der Waals surface area contributed by atoms with Crippen LogP contribution in [-0.4, -0.2) is 49.2 Å². The van der Waals surface area contributed by atoms with Gasteiger partial charge in [0.2, 0.25) is 5.91 Å². The first kappa shape index (κ1) is 21.4. The highest BCUT2D eigenvalue weighted by Crippen LogP contribution is 2.19. The predicted molar refractivity (Wildman–Crippen MR) is 103 cm³/mol. The van der Waals surface area contributed by atoms with E-state index < -0.39 is 27.3 Å². The number of aromatic amines is 1. The van der Waals surface area contributed by atoms with Gasteiger partial charge in [0.1, 0.15) is 16.4 Å². The number of rotatable bonds is 6. The first-order valence-corrected chi connectivity index (χ1v) is 9.89. The summed E-state index contributed by atoms with van der Waals surface area (Å²) in [6.07, 6.45) is 1.12. The molecule has 28 heavy (non-hydrogen) atoms. The van der Waals surface area contributed by atoms with Gasteiger partial charge in [-0.2, -0.15) is 0 Å². The Morgan fingerprint density at radius 3 is 2.46 bits per heavy atom. The topological polar surface area (TPSA) is 111 Å². The monoisotopic (exact) mass is 410 g/mol. The third-order valence-corrected chi connectivity index (χ3v) is 4.90. The molecule has 0 aliphatic carbocycles. The lowest BCUT2D eigenvalue weighted by atomic mass is 10.1. The number of benzene rings is 1. The van der Waals surface area contributed by atoms with Gasteiger partial charge >= 0.3 is 0 Å². The molecule has 2 amide bonds. The molecule has 1 aromatic heterocycles. The number of nitrogens with one attached hydrogen (secondary N) is 3.